The van der Waals surface area contributed by atoms with E-state index in [1.807, 2.05) is 0 Å². The molecule has 6 heavy (non-hydrogen) atoms. The van der Waals surface area contributed by atoms with E-state index in [1.54, 1.807) is 0 Å². The summed E-state index contributed by atoms with van der Waals surface area (Å²) in [5.74, 6) is -1.33. The van der Waals surface area contributed by atoms with Crippen LogP contribution in [0.25, 0.3) is 0 Å². The summed E-state index contributed by atoms with van der Waals surface area (Å²) in [4.78, 5) is 9.64. The first-order chi connectivity index (χ1) is 2.64. The van der Waals surface area contributed by atoms with Crippen LogP contribution in [0.3, 0.4) is 0 Å². The van der Waals surface area contributed by atoms with Crippen molar-refractivity contribution in [2.75, 3.05) is 0 Å². The molecule has 0 saturated carbocycles. The minimum atomic E-state index is -0.852. The Balaban J connectivity index is 3.26. The number of carbonyl (C=O) groups is 1. The molecule has 0 unspecified atom stereocenters. The third-order valence-electron chi connectivity index (χ3n) is 0.422. The number of rotatable bonds is 1. The predicted molar refractivity (Wildman–Crippen MR) is 22.2 cm³/mol. The van der Waals surface area contributed by atoms with Gasteiger partial charge in [0.2, 0.25) is 0 Å². The van der Waals surface area contributed by atoms with Gasteiger partial charge in [-0.25, -0.2) is 0 Å². The number of aliphatic carboxylic acids is 1. The summed E-state index contributed by atoms with van der Waals surface area (Å²) in [6, 6.07) is 0. The number of carboxylic acids is 1. The van der Waals surface area contributed by atoms with Crippen molar-refractivity contribution in [1.29, 1.82) is 0 Å². The summed E-state index contributed by atoms with van der Waals surface area (Å²) < 4.78 is 0. The second-order valence-corrected chi connectivity index (χ2v) is 1.24. The lowest BCUT2D eigenvalue weighted by atomic mass is 10.2. The fourth-order valence-corrected chi connectivity index (χ4v) is 0. The van der Waals surface area contributed by atoms with Gasteiger partial charge in [-0.3, -0.25) is 4.79 Å². The zero-order chi connectivity index (χ0) is 5.15. The van der Waals surface area contributed by atoms with Crippen LogP contribution in [-0.2, 0) is 4.79 Å². The summed E-state index contributed by atoms with van der Waals surface area (Å²) in [6.45, 7) is 4.77. The largest absolute Gasteiger partial charge is 0.481 e. The lowest BCUT2D eigenvalue weighted by Gasteiger charge is -1.88. The van der Waals surface area contributed by atoms with Crippen LogP contribution in [0.2, 0.25) is 0 Å². The molecule has 35 valence electrons. The Hall–Kier alpha value is -0.530. The molecule has 0 aliphatic carbocycles. The summed E-state index contributed by atoms with van der Waals surface area (Å²) >= 11 is 0. The summed E-state index contributed by atoms with van der Waals surface area (Å²) in [5.41, 5.74) is 0. The van der Waals surface area contributed by atoms with Crippen LogP contribution < -0.4 is 0 Å². The summed E-state index contributed by atoms with van der Waals surface area (Å²) in [6.07, 6.45) is 0. The first-order valence-corrected chi connectivity index (χ1v) is 1.70. The highest BCUT2D eigenvalue weighted by Crippen LogP contribution is 1.86. The van der Waals surface area contributed by atoms with Crippen molar-refractivity contribution >= 4 is 5.97 Å². The lowest BCUT2D eigenvalue weighted by molar-refractivity contribution is -0.139. The molecule has 0 saturated heterocycles. The van der Waals surface area contributed by atoms with Gasteiger partial charge in [-0.15, -0.1) is 0 Å². The van der Waals surface area contributed by atoms with Crippen molar-refractivity contribution < 1.29 is 9.90 Å². The summed E-state index contributed by atoms with van der Waals surface area (Å²) in [5, 5.41) is 7.93. The van der Waals surface area contributed by atoms with Gasteiger partial charge in [-0.1, -0.05) is 6.92 Å². The molecule has 0 aromatic rings. The molecule has 0 spiro atoms. The SMILES string of the molecule is [CH2][C@@H](C)C(=O)O. The van der Waals surface area contributed by atoms with E-state index in [1.165, 1.54) is 6.92 Å². The van der Waals surface area contributed by atoms with E-state index in [4.69, 9.17) is 5.11 Å². The predicted octanol–water partition coefficient (Wildman–Crippen LogP) is 0.541. The molecular weight excluding hydrogens is 80.0 g/mol. The van der Waals surface area contributed by atoms with Gasteiger partial charge in [-0.05, 0) is 6.92 Å². The van der Waals surface area contributed by atoms with Gasteiger partial charge in [0.25, 0.3) is 0 Å². The zero-order valence-corrected chi connectivity index (χ0v) is 3.64. The molecule has 2 heteroatoms. The van der Waals surface area contributed by atoms with Crippen molar-refractivity contribution in [3.8, 4) is 0 Å². The van der Waals surface area contributed by atoms with Crippen molar-refractivity contribution in [2.24, 2.45) is 5.92 Å². The Morgan fingerprint density at radius 3 is 2.17 bits per heavy atom. The highest BCUT2D eigenvalue weighted by Gasteiger charge is 1.99. The molecule has 2 nitrogen and oxygen atoms in total. The Morgan fingerprint density at radius 1 is 2.00 bits per heavy atom. The van der Waals surface area contributed by atoms with E-state index >= 15 is 0 Å². The van der Waals surface area contributed by atoms with E-state index in [-0.39, 0.29) is 0 Å². The van der Waals surface area contributed by atoms with Crippen LogP contribution in [0.4, 0.5) is 0 Å². The van der Waals surface area contributed by atoms with Crippen LogP contribution in [0.5, 0.6) is 0 Å². The zero-order valence-electron chi connectivity index (χ0n) is 3.64. The quantitative estimate of drug-likeness (QED) is 0.506. The van der Waals surface area contributed by atoms with E-state index in [0.717, 1.165) is 0 Å². The average Bonchev–Trinajstić information content (AvgIpc) is 1.36. The first kappa shape index (κ1) is 5.47. The monoisotopic (exact) mass is 87.0 g/mol. The Labute approximate surface area is 36.8 Å². The van der Waals surface area contributed by atoms with Gasteiger partial charge in [0, 0.05) is 0 Å². The van der Waals surface area contributed by atoms with E-state index < -0.39 is 11.9 Å². The highest BCUT2D eigenvalue weighted by molar-refractivity contribution is 5.69. The van der Waals surface area contributed by atoms with Crippen LogP contribution in [0.15, 0.2) is 0 Å². The van der Waals surface area contributed by atoms with Gasteiger partial charge >= 0.3 is 5.97 Å². The van der Waals surface area contributed by atoms with Crippen LogP contribution >= 0.6 is 0 Å². The fourth-order valence-electron chi connectivity index (χ4n) is 0. The Bertz CT molecular complexity index is 56.6. The Kier molecular flexibility index (Phi) is 1.64. The molecule has 0 fully saturated rings. The van der Waals surface area contributed by atoms with Crippen LogP contribution in [0.1, 0.15) is 6.92 Å². The normalized spacial score (nSPS) is 9.17. The van der Waals surface area contributed by atoms with Crippen molar-refractivity contribution in [1.82, 2.24) is 0 Å². The number of hydrogen-bond donors (Lipinski definition) is 1. The topological polar surface area (TPSA) is 37.3 Å². The van der Waals surface area contributed by atoms with E-state index in [9.17, 15) is 4.79 Å². The molecule has 1 atom stereocenters. The maximum Gasteiger partial charge on any atom is 0.306 e. The molecule has 0 aliphatic heterocycles. The third kappa shape index (κ3) is 1.76. The molecule has 0 bridgehead atoms. The van der Waals surface area contributed by atoms with Gasteiger partial charge in [0.05, 0.1) is 5.92 Å². The first-order valence-electron chi connectivity index (χ1n) is 1.70. The Morgan fingerprint density at radius 2 is 2.17 bits per heavy atom. The van der Waals surface area contributed by atoms with Gasteiger partial charge < -0.3 is 5.11 Å². The standard InChI is InChI=1S/C4H7O2/c1-3(2)4(5)6/h3H,1H2,2H3,(H,5,6)/t3-/m0/s1. The molecule has 1 N–H and O–H groups in total. The lowest BCUT2D eigenvalue weighted by Crippen LogP contribution is -2.03. The molecule has 0 amide bonds. The number of hydrogen-bond acceptors (Lipinski definition) is 1. The highest BCUT2D eigenvalue weighted by atomic mass is 16.4. The molecule has 1 radical (unpaired) electrons. The van der Waals surface area contributed by atoms with Gasteiger partial charge in [0.1, 0.15) is 0 Å². The molecule has 0 aromatic carbocycles. The number of carboxylic acid groups (broad SMARTS) is 1. The van der Waals surface area contributed by atoms with Crippen molar-refractivity contribution in [3.63, 3.8) is 0 Å². The molecular formula is C4H7O2. The minimum absolute atomic E-state index is 0.481. The van der Waals surface area contributed by atoms with Gasteiger partial charge in [0.15, 0.2) is 0 Å². The summed E-state index contributed by atoms with van der Waals surface area (Å²) in [7, 11) is 0. The maximum atomic E-state index is 9.64. The molecule has 0 aromatic heterocycles. The smallest absolute Gasteiger partial charge is 0.306 e. The molecule has 0 rings (SSSR count). The second kappa shape index (κ2) is 1.80. The van der Waals surface area contributed by atoms with Crippen molar-refractivity contribution in [3.05, 3.63) is 6.92 Å². The molecule has 0 heterocycles. The second-order valence-electron chi connectivity index (χ2n) is 1.24. The van der Waals surface area contributed by atoms with Crippen molar-refractivity contribution in [2.45, 2.75) is 6.92 Å². The maximum absolute atomic E-state index is 9.64. The van der Waals surface area contributed by atoms with Crippen LogP contribution in [0, 0.1) is 12.8 Å². The third-order valence-corrected chi connectivity index (χ3v) is 0.422. The average molecular weight is 87.1 g/mol. The van der Waals surface area contributed by atoms with E-state index in [2.05, 4.69) is 6.92 Å². The van der Waals surface area contributed by atoms with E-state index in [0.29, 0.717) is 0 Å². The molecule has 0 aliphatic rings. The fraction of sp³-hybridized carbons (Fsp3) is 0.500. The van der Waals surface area contributed by atoms with Crippen LogP contribution in [-0.4, -0.2) is 11.1 Å². The van der Waals surface area contributed by atoms with Gasteiger partial charge in [-0.2, -0.15) is 0 Å². The minimum Gasteiger partial charge on any atom is -0.481 e.